The van der Waals surface area contributed by atoms with Gasteiger partial charge in [-0.15, -0.1) is 0 Å². The Morgan fingerprint density at radius 3 is 2.60 bits per heavy atom. The van der Waals surface area contributed by atoms with Crippen molar-refractivity contribution in [2.45, 2.75) is 37.0 Å². The van der Waals surface area contributed by atoms with Crippen LogP contribution in [0, 0.1) is 0 Å². The summed E-state index contributed by atoms with van der Waals surface area (Å²) in [6.07, 6.45) is 4.98. The molecule has 0 radical (unpaired) electrons. The molecule has 0 unspecified atom stereocenters. The van der Waals surface area contributed by atoms with Crippen LogP contribution in [-0.2, 0) is 14.8 Å². The van der Waals surface area contributed by atoms with Crippen molar-refractivity contribution in [3.63, 3.8) is 0 Å². The van der Waals surface area contributed by atoms with Gasteiger partial charge in [0, 0.05) is 31.6 Å². The predicted molar refractivity (Wildman–Crippen MR) is 112 cm³/mol. The number of anilines is 1. The average Bonchev–Trinajstić information content (AvgIpc) is 3.14. The zero-order valence-electron chi connectivity index (χ0n) is 16.4. The van der Waals surface area contributed by atoms with Gasteiger partial charge in [-0.1, -0.05) is 6.42 Å². The predicted octanol–water partition coefficient (Wildman–Crippen LogP) is 2.29. The van der Waals surface area contributed by atoms with E-state index in [1.807, 2.05) is 0 Å². The van der Waals surface area contributed by atoms with E-state index in [1.54, 1.807) is 6.07 Å². The molecule has 1 aromatic carbocycles. The highest BCUT2D eigenvalue weighted by molar-refractivity contribution is 7.90. The topological polar surface area (TPSA) is 130 Å². The number of sulfonamides is 1. The molecular weight excluding hydrogens is 408 g/mol. The lowest BCUT2D eigenvalue weighted by Crippen LogP contribution is -2.30. The Morgan fingerprint density at radius 1 is 1.07 bits per heavy atom. The number of aliphatic imine (C=N–C) groups is 1. The van der Waals surface area contributed by atoms with Crippen molar-refractivity contribution in [1.29, 1.82) is 0 Å². The van der Waals surface area contributed by atoms with Crippen LogP contribution in [0.1, 0.15) is 42.7 Å². The molecule has 3 N–H and O–H groups in total. The van der Waals surface area contributed by atoms with E-state index in [2.05, 4.69) is 20.3 Å². The second-order valence-electron chi connectivity index (χ2n) is 6.80. The van der Waals surface area contributed by atoms with Crippen molar-refractivity contribution >= 4 is 33.4 Å². The maximum atomic E-state index is 12.5. The number of furan rings is 1. The first-order valence-corrected chi connectivity index (χ1v) is 11.2. The fourth-order valence-electron chi connectivity index (χ4n) is 2.90. The summed E-state index contributed by atoms with van der Waals surface area (Å²) in [5, 5.41) is 5.25. The normalized spacial score (nSPS) is 14.3. The average molecular weight is 433 g/mol. The number of amides is 2. The highest BCUT2D eigenvalue weighted by Gasteiger charge is 2.17. The van der Waals surface area contributed by atoms with E-state index in [4.69, 9.17) is 4.42 Å². The Hall–Kier alpha value is -3.14. The zero-order valence-corrected chi connectivity index (χ0v) is 17.2. The van der Waals surface area contributed by atoms with Gasteiger partial charge in [-0.05, 0) is 49.2 Å². The van der Waals surface area contributed by atoms with Crippen LogP contribution in [0.15, 0.2) is 57.0 Å². The smallest absolute Gasteiger partial charge is 0.286 e. The molecule has 1 aromatic heterocycles. The van der Waals surface area contributed by atoms with E-state index < -0.39 is 15.9 Å². The molecule has 3 rings (SSSR count). The fraction of sp³-hybridized carbons (Fsp3) is 0.350. The Morgan fingerprint density at radius 2 is 1.87 bits per heavy atom. The highest BCUT2D eigenvalue weighted by atomic mass is 32.2. The Labute approximate surface area is 175 Å². The van der Waals surface area contributed by atoms with Crippen LogP contribution >= 0.6 is 0 Å². The molecule has 9 nitrogen and oxygen atoms in total. The van der Waals surface area contributed by atoms with Crippen LogP contribution in [0.5, 0.6) is 0 Å². The van der Waals surface area contributed by atoms with Crippen molar-refractivity contribution < 1.29 is 22.4 Å². The van der Waals surface area contributed by atoms with E-state index in [1.165, 1.54) is 36.6 Å². The molecular formula is C20H24N4O5S. The zero-order chi connectivity index (χ0) is 21.4. The first-order chi connectivity index (χ1) is 14.4. The van der Waals surface area contributed by atoms with Crippen molar-refractivity contribution in [2.24, 2.45) is 4.99 Å². The number of rotatable bonds is 7. The molecule has 160 valence electrons. The summed E-state index contributed by atoms with van der Waals surface area (Å²) in [7, 11) is -3.72. The van der Waals surface area contributed by atoms with Gasteiger partial charge >= 0.3 is 0 Å². The third-order valence-electron chi connectivity index (χ3n) is 4.46. The molecule has 30 heavy (non-hydrogen) atoms. The molecule has 2 aromatic rings. The van der Waals surface area contributed by atoms with Crippen LogP contribution < -0.4 is 15.4 Å². The fourth-order valence-corrected chi connectivity index (χ4v) is 3.99. The Kier molecular flexibility index (Phi) is 7.23. The van der Waals surface area contributed by atoms with Crippen molar-refractivity contribution in [3.05, 3.63) is 48.4 Å². The lowest BCUT2D eigenvalue weighted by molar-refractivity contribution is -0.116. The molecule has 0 spiro atoms. The van der Waals surface area contributed by atoms with Crippen molar-refractivity contribution in [3.8, 4) is 0 Å². The van der Waals surface area contributed by atoms with Crippen molar-refractivity contribution in [2.75, 3.05) is 18.4 Å². The number of carbonyl (C=O) groups is 2. The number of nitrogens with one attached hydrogen (secondary N) is 3. The van der Waals surface area contributed by atoms with E-state index >= 15 is 0 Å². The van der Waals surface area contributed by atoms with Gasteiger partial charge in [-0.25, -0.2) is 8.42 Å². The van der Waals surface area contributed by atoms with Gasteiger partial charge in [0.25, 0.3) is 15.9 Å². The lowest BCUT2D eigenvalue weighted by Gasteiger charge is -2.11. The summed E-state index contributed by atoms with van der Waals surface area (Å²) in [6.45, 7) is 0.772. The molecule has 0 aliphatic carbocycles. The number of hydrogen-bond donors (Lipinski definition) is 3. The first kappa shape index (κ1) is 21.6. The minimum Gasteiger partial charge on any atom is -0.459 e. The maximum absolute atomic E-state index is 12.5. The lowest BCUT2D eigenvalue weighted by atomic mass is 10.2. The van der Waals surface area contributed by atoms with E-state index in [0.717, 1.165) is 19.3 Å². The first-order valence-electron chi connectivity index (χ1n) is 9.72. The second kappa shape index (κ2) is 10.1. The summed E-state index contributed by atoms with van der Waals surface area (Å²) in [6, 6.07) is 9.01. The third-order valence-corrected chi connectivity index (χ3v) is 5.85. The van der Waals surface area contributed by atoms with Gasteiger partial charge in [0.1, 0.15) is 5.84 Å². The maximum Gasteiger partial charge on any atom is 0.286 e. The van der Waals surface area contributed by atoms with Crippen molar-refractivity contribution in [1.82, 2.24) is 10.0 Å². The van der Waals surface area contributed by atoms with Crippen LogP contribution in [0.3, 0.4) is 0 Å². The molecule has 0 bridgehead atoms. The summed E-state index contributed by atoms with van der Waals surface area (Å²) in [4.78, 5) is 28.1. The summed E-state index contributed by atoms with van der Waals surface area (Å²) < 4.78 is 32.6. The van der Waals surface area contributed by atoms with E-state index in [-0.39, 0.29) is 29.5 Å². The van der Waals surface area contributed by atoms with Crippen LogP contribution in [-0.4, -0.2) is 39.2 Å². The highest BCUT2D eigenvalue weighted by Crippen LogP contribution is 2.15. The Balaban J connectivity index is 1.49. The van der Waals surface area contributed by atoms with Gasteiger partial charge in [-0.3, -0.25) is 19.3 Å². The van der Waals surface area contributed by atoms with Gasteiger partial charge in [0.2, 0.25) is 5.91 Å². The standard InChI is InChI=1S/C20H24N4O5S/c25-19(11-13-22-20(26)17-5-4-14-29-17)23-15-7-9-16(10-8-15)30(27,28)24-18-6-2-1-3-12-21-18/h4-5,7-10,14H,1-3,6,11-13H2,(H,21,24)(H,22,26)(H,23,25). The van der Waals surface area contributed by atoms with Gasteiger partial charge < -0.3 is 15.1 Å². The monoisotopic (exact) mass is 432 g/mol. The Bertz CT molecular complexity index is 998. The molecule has 2 heterocycles. The quantitative estimate of drug-likeness (QED) is 0.618. The molecule has 1 aliphatic rings. The van der Waals surface area contributed by atoms with Gasteiger partial charge in [0.05, 0.1) is 11.2 Å². The number of carbonyl (C=O) groups excluding carboxylic acids is 2. The minimum absolute atomic E-state index is 0.0634. The van der Waals surface area contributed by atoms with Crippen LogP contribution in [0.4, 0.5) is 5.69 Å². The molecule has 0 saturated heterocycles. The van der Waals surface area contributed by atoms with Crippen LogP contribution in [0.25, 0.3) is 0 Å². The van der Waals surface area contributed by atoms with E-state index in [9.17, 15) is 18.0 Å². The molecule has 2 amide bonds. The molecule has 10 heteroatoms. The largest absolute Gasteiger partial charge is 0.459 e. The van der Waals surface area contributed by atoms with Gasteiger partial charge in [0.15, 0.2) is 5.76 Å². The second-order valence-corrected chi connectivity index (χ2v) is 8.48. The SMILES string of the molecule is O=C(CCNC(=O)c1ccco1)Nc1ccc(S(=O)(=O)NC2=NCCCCC2)cc1. The number of hydrogen-bond acceptors (Lipinski definition) is 6. The summed E-state index contributed by atoms with van der Waals surface area (Å²) in [5.41, 5.74) is 0.461. The molecule has 1 aliphatic heterocycles. The van der Waals surface area contributed by atoms with Crippen LogP contribution in [0.2, 0.25) is 0 Å². The number of benzene rings is 1. The molecule has 0 saturated carbocycles. The van der Waals surface area contributed by atoms with Gasteiger partial charge in [-0.2, -0.15) is 0 Å². The number of amidine groups is 1. The summed E-state index contributed by atoms with van der Waals surface area (Å²) in [5.74, 6) is -0.0403. The number of nitrogens with zero attached hydrogens (tertiary/aromatic N) is 1. The van der Waals surface area contributed by atoms with E-state index in [0.29, 0.717) is 24.5 Å². The summed E-state index contributed by atoms with van der Waals surface area (Å²) >= 11 is 0. The third kappa shape index (κ3) is 6.18. The minimum atomic E-state index is -3.72. The molecule has 0 fully saturated rings. The molecule has 0 atom stereocenters.